The summed E-state index contributed by atoms with van der Waals surface area (Å²) in [6.45, 7) is 2.92. The maximum Gasteiger partial charge on any atom is 0.401 e. The average molecular weight is 302 g/mol. The van der Waals surface area contributed by atoms with Crippen LogP contribution in [0.1, 0.15) is 25.0 Å². The molecule has 0 aliphatic carbocycles. The summed E-state index contributed by atoms with van der Waals surface area (Å²) in [6, 6.07) is 7.57. The van der Waals surface area contributed by atoms with Crippen molar-refractivity contribution >= 4 is 5.69 Å². The van der Waals surface area contributed by atoms with Crippen LogP contribution in [-0.2, 0) is 0 Å². The molecule has 1 aromatic carbocycles. The number of halogens is 3. The Labute approximate surface area is 123 Å². The molecular formula is C15H21F3N2O. The molecule has 0 radical (unpaired) electrons. The van der Waals surface area contributed by atoms with Gasteiger partial charge in [0.1, 0.15) is 0 Å². The highest BCUT2D eigenvalue weighted by molar-refractivity contribution is 5.55. The van der Waals surface area contributed by atoms with Crippen molar-refractivity contribution in [3.05, 3.63) is 29.8 Å². The zero-order valence-corrected chi connectivity index (χ0v) is 12.1. The van der Waals surface area contributed by atoms with Crippen molar-refractivity contribution in [2.75, 3.05) is 37.6 Å². The molecule has 1 aliphatic heterocycles. The first-order valence-corrected chi connectivity index (χ1v) is 7.21. The van der Waals surface area contributed by atoms with Crippen LogP contribution in [0.25, 0.3) is 0 Å². The van der Waals surface area contributed by atoms with Gasteiger partial charge in [0.15, 0.2) is 0 Å². The van der Waals surface area contributed by atoms with Gasteiger partial charge in [0.2, 0.25) is 0 Å². The van der Waals surface area contributed by atoms with Gasteiger partial charge in [0, 0.05) is 37.4 Å². The molecule has 1 saturated heterocycles. The minimum atomic E-state index is -4.14. The molecule has 0 unspecified atom stereocenters. The smallest absolute Gasteiger partial charge is 0.388 e. The quantitative estimate of drug-likeness (QED) is 0.926. The van der Waals surface area contributed by atoms with Gasteiger partial charge >= 0.3 is 6.18 Å². The van der Waals surface area contributed by atoms with Crippen molar-refractivity contribution in [2.45, 2.75) is 25.6 Å². The first kappa shape index (κ1) is 16.1. The second-order valence-electron chi connectivity index (χ2n) is 5.36. The standard InChI is InChI=1S/C15H21F3N2O/c1-2-14(21)12-5-3-4-6-13(12)20-9-7-19(8-10-20)11-15(16,17)18/h3-6,14,21H,2,7-11H2,1H3/t14-/m0/s1. The molecular weight excluding hydrogens is 281 g/mol. The van der Waals surface area contributed by atoms with Crippen LogP contribution in [0.4, 0.5) is 18.9 Å². The summed E-state index contributed by atoms with van der Waals surface area (Å²) < 4.78 is 37.2. The first-order valence-electron chi connectivity index (χ1n) is 7.21. The Morgan fingerprint density at radius 1 is 1.14 bits per heavy atom. The molecule has 1 heterocycles. The molecule has 2 rings (SSSR count). The van der Waals surface area contributed by atoms with Crippen molar-refractivity contribution in [3.8, 4) is 0 Å². The van der Waals surface area contributed by atoms with Gasteiger partial charge in [-0.1, -0.05) is 25.1 Å². The number of piperazine rings is 1. The monoisotopic (exact) mass is 302 g/mol. The summed E-state index contributed by atoms with van der Waals surface area (Å²) in [5.74, 6) is 0. The van der Waals surface area contributed by atoms with E-state index in [-0.39, 0.29) is 0 Å². The third-order valence-corrected chi connectivity index (χ3v) is 3.80. The predicted octanol–water partition coefficient (Wildman–Crippen LogP) is 2.81. The van der Waals surface area contributed by atoms with Crippen LogP contribution in [0.15, 0.2) is 24.3 Å². The molecule has 0 saturated carbocycles. The number of benzene rings is 1. The summed E-state index contributed by atoms with van der Waals surface area (Å²) in [4.78, 5) is 3.48. The minimum Gasteiger partial charge on any atom is -0.388 e. The van der Waals surface area contributed by atoms with Gasteiger partial charge in [-0.25, -0.2) is 0 Å². The molecule has 21 heavy (non-hydrogen) atoms. The predicted molar refractivity (Wildman–Crippen MR) is 76.4 cm³/mol. The molecule has 0 bridgehead atoms. The van der Waals surface area contributed by atoms with Crippen LogP contribution in [0.3, 0.4) is 0 Å². The molecule has 0 amide bonds. The van der Waals surface area contributed by atoms with Crippen molar-refractivity contribution in [2.24, 2.45) is 0 Å². The number of rotatable bonds is 4. The molecule has 1 N–H and O–H groups in total. The molecule has 1 aromatic rings. The molecule has 1 aliphatic rings. The van der Waals surface area contributed by atoms with E-state index in [1.54, 1.807) is 0 Å². The Morgan fingerprint density at radius 3 is 2.33 bits per heavy atom. The molecule has 1 atom stereocenters. The van der Waals surface area contributed by atoms with Gasteiger partial charge in [0.25, 0.3) is 0 Å². The van der Waals surface area contributed by atoms with Crippen LogP contribution < -0.4 is 4.90 Å². The van der Waals surface area contributed by atoms with Crippen molar-refractivity contribution in [1.82, 2.24) is 4.90 Å². The second-order valence-corrected chi connectivity index (χ2v) is 5.36. The summed E-state index contributed by atoms with van der Waals surface area (Å²) in [5, 5.41) is 10.1. The van der Waals surface area contributed by atoms with E-state index in [4.69, 9.17) is 0 Å². The Hall–Kier alpha value is -1.27. The lowest BCUT2D eigenvalue weighted by Crippen LogP contribution is -2.49. The highest BCUT2D eigenvalue weighted by Gasteiger charge is 2.32. The van der Waals surface area contributed by atoms with Gasteiger partial charge in [-0.2, -0.15) is 13.2 Å². The van der Waals surface area contributed by atoms with E-state index in [0.717, 1.165) is 11.3 Å². The summed E-state index contributed by atoms with van der Waals surface area (Å²) >= 11 is 0. The number of aliphatic hydroxyl groups excluding tert-OH is 1. The zero-order valence-electron chi connectivity index (χ0n) is 12.1. The summed E-state index contributed by atoms with van der Waals surface area (Å²) in [5.41, 5.74) is 1.78. The minimum absolute atomic E-state index is 0.385. The van der Waals surface area contributed by atoms with Crippen molar-refractivity contribution in [1.29, 1.82) is 0 Å². The number of hydrogen-bond donors (Lipinski definition) is 1. The number of para-hydroxylation sites is 1. The fourth-order valence-corrected chi connectivity index (χ4v) is 2.68. The van der Waals surface area contributed by atoms with Crippen molar-refractivity contribution in [3.63, 3.8) is 0 Å². The number of anilines is 1. The lowest BCUT2D eigenvalue weighted by Gasteiger charge is -2.37. The molecule has 3 nitrogen and oxygen atoms in total. The van der Waals surface area contributed by atoms with E-state index in [9.17, 15) is 18.3 Å². The normalized spacial score (nSPS) is 18.8. The Morgan fingerprint density at radius 2 is 1.76 bits per heavy atom. The zero-order chi connectivity index (χ0) is 15.5. The first-order chi connectivity index (χ1) is 9.90. The summed E-state index contributed by atoms with van der Waals surface area (Å²) in [7, 11) is 0. The average Bonchev–Trinajstić information content (AvgIpc) is 2.45. The van der Waals surface area contributed by atoms with Gasteiger partial charge in [-0.05, 0) is 12.5 Å². The number of aliphatic hydroxyl groups is 1. The van der Waals surface area contributed by atoms with Crippen LogP contribution in [0.5, 0.6) is 0 Å². The van der Waals surface area contributed by atoms with Crippen LogP contribution in [0, 0.1) is 0 Å². The highest BCUT2D eigenvalue weighted by Crippen LogP contribution is 2.29. The molecule has 1 fully saturated rings. The lowest BCUT2D eigenvalue weighted by atomic mass is 10.0. The third kappa shape index (κ3) is 4.35. The summed E-state index contributed by atoms with van der Waals surface area (Å²) in [6.07, 6.45) is -4.06. The fourth-order valence-electron chi connectivity index (χ4n) is 2.68. The van der Waals surface area contributed by atoms with Gasteiger partial charge < -0.3 is 10.0 Å². The van der Waals surface area contributed by atoms with E-state index in [1.807, 2.05) is 31.2 Å². The van der Waals surface area contributed by atoms with E-state index >= 15 is 0 Å². The van der Waals surface area contributed by atoms with Crippen LogP contribution in [0.2, 0.25) is 0 Å². The lowest BCUT2D eigenvalue weighted by molar-refractivity contribution is -0.146. The topological polar surface area (TPSA) is 26.7 Å². The van der Waals surface area contributed by atoms with Crippen LogP contribution in [-0.4, -0.2) is 48.9 Å². The van der Waals surface area contributed by atoms with E-state index in [0.29, 0.717) is 32.6 Å². The van der Waals surface area contributed by atoms with Crippen LogP contribution >= 0.6 is 0 Å². The fraction of sp³-hybridized carbons (Fsp3) is 0.600. The van der Waals surface area contributed by atoms with Gasteiger partial charge in [-0.3, -0.25) is 4.90 Å². The Kier molecular flexibility index (Phi) is 5.11. The van der Waals surface area contributed by atoms with E-state index < -0.39 is 18.8 Å². The van der Waals surface area contributed by atoms with Gasteiger partial charge in [-0.15, -0.1) is 0 Å². The molecule has 6 heteroatoms. The number of alkyl halides is 3. The maximum absolute atomic E-state index is 12.4. The SMILES string of the molecule is CC[C@H](O)c1ccccc1N1CCN(CC(F)(F)F)CC1. The largest absolute Gasteiger partial charge is 0.401 e. The van der Waals surface area contributed by atoms with E-state index in [1.165, 1.54) is 4.90 Å². The number of hydrogen-bond acceptors (Lipinski definition) is 3. The molecule has 0 aromatic heterocycles. The molecule has 0 spiro atoms. The van der Waals surface area contributed by atoms with Crippen molar-refractivity contribution < 1.29 is 18.3 Å². The second kappa shape index (κ2) is 6.66. The van der Waals surface area contributed by atoms with Gasteiger partial charge in [0.05, 0.1) is 12.6 Å². The molecule has 118 valence electrons. The Bertz CT molecular complexity index is 456. The highest BCUT2D eigenvalue weighted by atomic mass is 19.4. The third-order valence-electron chi connectivity index (χ3n) is 3.80. The Balaban J connectivity index is 2.03. The number of nitrogens with zero attached hydrogens (tertiary/aromatic N) is 2. The van der Waals surface area contributed by atoms with E-state index in [2.05, 4.69) is 4.90 Å². The maximum atomic E-state index is 12.4.